The molecule has 0 N–H and O–H groups in total. The van der Waals surface area contributed by atoms with Crippen LogP contribution in [-0.2, 0) is 9.47 Å². The van der Waals surface area contributed by atoms with E-state index in [2.05, 4.69) is 4.98 Å². The number of esters is 1. The van der Waals surface area contributed by atoms with Crippen LogP contribution in [0.1, 0.15) is 24.3 Å². The van der Waals surface area contributed by atoms with Crippen LogP contribution < -0.4 is 0 Å². The van der Waals surface area contributed by atoms with Crippen molar-refractivity contribution in [3.8, 4) is 0 Å². The maximum Gasteiger partial charge on any atom is 0.357 e. The fourth-order valence-corrected chi connectivity index (χ4v) is 1.99. The zero-order valence-corrected chi connectivity index (χ0v) is 12.2. The van der Waals surface area contributed by atoms with E-state index in [1.165, 1.54) is 6.07 Å². The molecule has 106 valence electrons. The molecule has 0 aliphatic carbocycles. The highest BCUT2D eigenvalue weighted by Gasteiger charge is 2.12. The minimum absolute atomic E-state index is 0.113. The molecule has 20 heavy (non-hydrogen) atoms. The molecule has 1 heterocycles. The second kappa shape index (κ2) is 6.68. The Morgan fingerprint density at radius 3 is 2.80 bits per heavy atom. The summed E-state index contributed by atoms with van der Waals surface area (Å²) in [7, 11) is 0. The van der Waals surface area contributed by atoms with Crippen molar-refractivity contribution in [2.75, 3.05) is 13.2 Å². The first-order chi connectivity index (χ1) is 9.58. The minimum atomic E-state index is -0.495. The Balaban J connectivity index is 2.07. The number of nitrogens with zero attached hydrogens (tertiary/aromatic N) is 1. The van der Waals surface area contributed by atoms with Gasteiger partial charge >= 0.3 is 5.97 Å². The Morgan fingerprint density at radius 1 is 1.30 bits per heavy atom. The molecule has 0 saturated carbocycles. The topological polar surface area (TPSA) is 48.4 Å². The van der Waals surface area contributed by atoms with Crippen LogP contribution in [0.5, 0.6) is 0 Å². The van der Waals surface area contributed by atoms with Crippen molar-refractivity contribution in [3.63, 3.8) is 0 Å². The number of rotatable bonds is 5. The van der Waals surface area contributed by atoms with Crippen LogP contribution in [0, 0.1) is 0 Å². The van der Waals surface area contributed by atoms with Gasteiger partial charge in [-0.1, -0.05) is 29.8 Å². The number of fused-ring (bicyclic) bond motifs is 1. The van der Waals surface area contributed by atoms with Crippen molar-refractivity contribution >= 4 is 28.5 Å². The van der Waals surface area contributed by atoms with Crippen LogP contribution in [0.15, 0.2) is 30.3 Å². The second-order valence-electron chi connectivity index (χ2n) is 4.56. The number of benzene rings is 1. The second-order valence-corrected chi connectivity index (χ2v) is 4.97. The van der Waals surface area contributed by atoms with Gasteiger partial charge in [-0.25, -0.2) is 9.78 Å². The smallest absolute Gasteiger partial charge is 0.357 e. The van der Waals surface area contributed by atoms with Crippen LogP contribution in [0.25, 0.3) is 10.9 Å². The molecule has 0 spiro atoms. The third-order valence-electron chi connectivity index (χ3n) is 2.64. The summed E-state index contributed by atoms with van der Waals surface area (Å²) < 4.78 is 10.4. The molecule has 1 aromatic carbocycles. The number of pyridine rings is 1. The van der Waals surface area contributed by atoms with Crippen molar-refractivity contribution in [3.05, 3.63) is 41.0 Å². The summed E-state index contributed by atoms with van der Waals surface area (Å²) in [6, 6.07) is 8.90. The van der Waals surface area contributed by atoms with Gasteiger partial charge in [0.1, 0.15) is 6.61 Å². The maximum atomic E-state index is 11.9. The van der Waals surface area contributed by atoms with Gasteiger partial charge in [-0.15, -0.1) is 0 Å². The first-order valence-corrected chi connectivity index (χ1v) is 6.79. The molecule has 0 atom stereocenters. The number of carbonyl (C=O) groups excluding carboxylic acids is 1. The normalized spacial score (nSPS) is 11.0. The number of aromatic nitrogens is 1. The molecule has 0 bridgehead atoms. The zero-order chi connectivity index (χ0) is 14.5. The number of carbonyl (C=O) groups is 1. The fraction of sp³-hybridized carbons (Fsp3) is 0.333. The predicted molar refractivity (Wildman–Crippen MR) is 78.1 cm³/mol. The Labute approximate surface area is 122 Å². The predicted octanol–water partition coefficient (Wildman–Crippen LogP) is 3.47. The molecule has 0 aliphatic heterocycles. The summed E-state index contributed by atoms with van der Waals surface area (Å²) in [6.07, 6.45) is 0.113. The third kappa shape index (κ3) is 3.68. The quantitative estimate of drug-likeness (QED) is 0.625. The van der Waals surface area contributed by atoms with Gasteiger partial charge < -0.3 is 9.47 Å². The Bertz CT molecular complexity index is 613. The van der Waals surface area contributed by atoms with Gasteiger partial charge in [-0.3, -0.25) is 0 Å². The molecular weight excluding hydrogens is 278 g/mol. The van der Waals surface area contributed by atoms with Crippen molar-refractivity contribution in [1.29, 1.82) is 0 Å². The molecule has 0 unspecified atom stereocenters. The summed E-state index contributed by atoms with van der Waals surface area (Å²) in [6.45, 7) is 4.41. The molecule has 0 saturated heterocycles. The number of ether oxygens (including phenoxy) is 2. The van der Waals surface area contributed by atoms with Crippen LogP contribution in [0.2, 0.25) is 5.02 Å². The van der Waals surface area contributed by atoms with Gasteiger partial charge in [0.2, 0.25) is 0 Å². The van der Waals surface area contributed by atoms with Gasteiger partial charge in [0, 0.05) is 5.39 Å². The Kier molecular flexibility index (Phi) is 4.93. The van der Waals surface area contributed by atoms with E-state index in [0.29, 0.717) is 17.1 Å². The Hall–Kier alpha value is -1.65. The molecule has 0 radical (unpaired) electrons. The van der Waals surface area contributed by atoms with Crippen molar-refractivity contribution in [2.24, 2.45) is 0 Å². The van der Waals surface area contributed by atoms with Gasteiger partial charge in [0.15, 0.2) is 5.69 Å². The van der Waals surface area contributed by atoms with Crippen LogP contribution in [-0.4, -0.2) is 30.3 Å². The fourth-order valence-electron chi connectivity index (χ4n) is 1.73. The number of para-hydroxylation sites is 1. The summed E-state index contributed by atoms with van der Waals surface area (Å²) in [4.78, 5) is 16.1. The lowest BCUT2D eigenvalue weighted by Crippen LogP contribution is -2.14. The number of halogens is 1. The summed E-state index contributed by atoms with van der Waals surface area (Å²) in [5.74, 6) is -0.495. The standard InChI is InChI=1S/C15H16ClNO3/c1-10(2)19-7-8-20-15(18)14-9-12(16)11-5-3-4-6-13(11)17-14/h3-6,9-10H,7-8H2,1-2H3. The SMILES string of the molecule is CC(C)OCCOC(=O)c1cc(Cl)c2ccccc2n1. The average Bonchev–Trinajstić information content (AvgIpc) is 2.43. The highest BCUT2D eigenvalue weighted by atomic mass is 35.5. The van der Waals surface area contributed by atoms with E-state index in [1.54, 1.807) is 6.07 Å². The molecule has 2 rings (SSSR count). The van der Waals surface area contributed by atoms with E-state index in [0.717, 1.165) is 5.39 Å². The molecule has 0 aliphatic rings. The van der Waals surface area contributed by atoms with Gasteiger partial charge in [0.25, 0.3) is 0 Å². The lowest BCUT2D eigenvalue weighted by molar-refractivity contribution is 0.0173. The van der Waals surface area contributed by atoms with Crippen LogP contribution >= 0.6 is 11.6 Å². The molecule has 1 aromatic heterocycles. The minimum Gasteiger partial charge on any atom is -0.459 e. The van der Waals surface area contributed by atoms with Crippen LogP contribution in [0.3, 0.4) is 0 Å². The lowest BCUT2D eigenvalue weighted by Gasteiger charge is -2.08. The molecule has 2 aromatic rings. The highest BCUT2D eigenvalue weighted by Crippen LogP contribution is 2.22. The number of hydrogen-bond donors (Lipinski definition) is 0. The van der Waals surface area contributed by atoms with E-state index in [9.17, 15) is 4.79 Å². The van der Waals surface area contributed by atoms with Crippen molar-refractivity contribution in [1.82, 2.24) is 4.98 Å². The monoisotopic (exact) mass is 293 g/mol. The van der Waals surface area contributed by atoms with Crippen molar-refractivity contribution in [2.45, 2.75) is 20.0 Å². The summed E-state index contributed by atoms with van der Waals surface area (Å²) in [5.41, 5.74) is 0.878. The number of hydrogen-bond acceptors (Lipinski definition) is 4. The lowest BCUT2D eigenvalue weighted by atomic mass is 10.2. The molecule has 0 amide bonds. The summed E-state index contributed by atoms with van der Waals surface area (Å²) >= 11 is 6.14. The highest BCUT2D eigenvalue weighted by molar-refractivity contribution is 6.35. The largest absolute Gasteiger partial charge is 0.459 e. The maximum absolute atomic E-state index is 11.9. The van der Waals surface area contributed by atoms with E-state index in [1.807, 2.05) is 32.0 Å². The van der Waals surface area contributed by atoms with E-state index in [4.69, 9.17) is 21.1 Å². The van der Waals surface area contributed by atoms with E-state index < -0.39 is 5.97 Å². The first kappa shape index (κ1) is 14.8. The molecular formula is C15H16ClNO3. The molecule has 5 heteroatoms. The van der Waals surface area contributed by atoms with E-state index in [-0.39, 0.29) is 18.4 Å². The zero-order valence-electron chi connectivity index (χ0n) is 11.4. The van der Waals surface area contributed by atoms with Crippen LogP contribution in [0.4, 0.5) is 0 Å². The first-order valence-electron chi connectivity index (χ1n) is 6.42. The third-order valence-corrected chi connectivity index (χ3v) is 2.96. The van der Waals surface area contributed by atoms with Gasteiger partial charge in [0.05, 0.1) is 23.3 Å². The van der Waals surface area contributed by atoms with Gasteiger partial charge in [-0.05, 0) is 26.0 Å². The van der Waals surface area contributed by atoms with Crippen molar-refractivity contribution < 1.29 is 14.3 Å². The van der Waals surface area contributed by atoms with Gasteiger partial charge in [-0.2, -0.15) is 0 Å². The van der Waals surface area contributed by atoms with E-state index >= 15 is 0 Å². The summed E-state index contributed by atoms with van der Waals surface area (Å²) in [5, 5.41) is 1.30. The molecule has 4 nitrogen and oxygen atoms in total. The average molecular weight is 294 g/mol. The Morgan fingerprint density at radius 2 is 2.05 bits per heavy atom. The molecule has 0 fully saturated rings.